The van der Waals surface area contributed by atoms with E-state index in [1.54, 1.807) is 43.1 Å². The SMILES string of the molecule is CNC(=O)Cc1cc2cc(Nc3nc(N4CCC(CN5CCN(c6ccc7c(c6)C(=O)N(C6CCC(=O)NC6=O)C7=O)CC5)CC4)ncc3Cl)ccc2n(C)c1=O. The fourth-order valence-electron chi connectivity index (χ4n) is 8.28. The third-order valence-electron chi connectivity index (χ3n) is 11.5. The number of hydrogen-bond acceptors (Lipinski definition) is 12. The van der Waals surface area contributed by atoms with Crippen LogP contribution >= 0.6 is 11.6 Å². The minimum Gasteiger partial charge on any atom is -0.369 e. The first-order valence-electron chi connectivity index (χ1n) is 19.2. The number of hydrogen-bond donors (Lipinski definition) is 3. The lowest BCUT2D eigenvalue weighted by Crippen LogP contribution is -2.54. The van der Waals surface area contributed by atoms with Gasteiger partial charge >= 0.3 is 0 Å². The number of likely N-dealkylation sites (N-methyl/N-ethyl adjacent to an activating group) is 1. The first kappa shape index (κ1) is 38.0. The number of pyridine rings is 1. The van der Waals surface area contributed by atoms with Crippen LogP contribution in [0, 0.1) is 5.92 Å². The predicted molar refractivity (Wildman–Crippen MR) is 214 cm³/mol. The number of carbonyl (C=O) groups excluding carboxylic acids is 5. The Morgan fingerprint density at radius 2 is 1.65 bits per heavy atom. The third-order valence-corrected chi connectivity index (χ3v) is 11.8. The fourth-order valence-corrected chi connectivity index (χ4v) is 8.41. The molecule has 3 saturated heterocycles. The molecule has 0 radical (unpaired) electrons. The molecule has 4 aliphatic rings. The largest absolute Gasteiger partial charge is 0.369 e. The number of piperidine rings is 2. The molecule has 3 fully saturated rings. The third kappa shape index (κ3) is 7.54. The molecule has 17 heteroatoms. The summed E-state index contributed by atoms with van der Waals surface area (Å²) in [6.07, 6.45) is 3.78. The van der Waals surface area contributed by atoms with Gasteiger partial charge in [0, 0.05) is 88.7 Å². The molecule has 8 rings (SSSR count). The van der Waals surface area contributed by atoms with Gasteiger partial charge in [-0.05, 0) is 67.6 Å². The smallest absolute Gasteiger partial charge is 0.262 e. The molecule has 4 aromatic rings. The maximum atomic E-state index is 13.3. The van der Waals surface area contributed by atoms with Gasteiger partial charge in [-0.3, -0.25) is 43.9 Å². The van der Waals surface area contributed by atoms with E-state index in [-0.39, 0.29) is 36.3 Å². The molecule has 1 unspecified atom stereocenters. The van der Waals surface area contributed by atoms with Gasteiger partial charge in [-0.15, -0.1) is 0 Å². The molecule has 4 aliphatic heterocycles. The second-order valence-electron chi connectivity index (χ2n) is 15.0. The van der Waals surface area contributed by atoms with Crippen LogP contribution in [0.1, 0.15) is 52.0 Å². The molecule has 5 amide bonds. The highest BCUT2D eigenvalue weighted by Gasteiger charge is 2.45. The molecule has 2 aromatic carbocycles. The Kier molecular flexibility index (Phi) is 10.4. The van der Waals surface area contributed by atoms with Crippen LogP contribution in [0.5, 0.6) is 0 Å². The first-order chi connectivity index (χ1) is 27.5. The number of anilines is 4. The van der Waals surface area contributed by atoms with Gasteiger partial charge in [0.15, 0.2) is 5.82 Å². The van der Waals surface area contributed by atoms with Gasteiger partial charge in [0.05, 0.1) is 29.3 Å². The van der Waals surface area contributed by atoms with E-state index in [0.29, 0.717) is 33.8 Å². The molecule has 0 bridgehead atoms. The number of nitrogens with one attached hydrogen (secondary N) is 3. The van der Waals surface area contributed by atoms with Crippen LogP contribution in [0.4, 0.5) is 23.1 Å². The van der Waals surface area contributed by atoms with Crippen molar-refractivity contribution in [2.24, 2.45) is 13.0 Å². The van der Waals surface area contributed by atoms with Crippen LogP contribution in [0.2, 0.25) is 5.02 Å². The Hall–Kier alpha value is -5.87. The predicted octanol–water partition coefficient (Wildman–Crippen LogP) is 2.45. The number of carbonyl (C=O) groups is 5. The number of amides is 5. The number of nitrogens with zero attached hydrogens (tertiary/aromatic N) is 7. The van der Waals surface area contributed by atoms with Crippen molar-refractivity contribution in [3.63, 3.8) is 0 Å². The van der Waals surface area contributed by atoms with Crippen molar-refractivity contribution in [2.45, 2.75) is 38.1 Å². The zero-order valence-electron chi connectivity index (χ0n) is 31.7. The van der Waals surface area contributed by atoms with Gasteiger partial charge in [0.2, 0.25) is 23.7 Å². The molecule has 0 aliphatic carbocycles. The summed E-state index contributed by atoms with van der Waals surface area (Å²) in [5.41, 5.74) is 3.10. The van der Waals surface area contributed by atoms with Gasteiger partial charge in [-0.25, -0.2) is 4.98 Å². The molecule has 3 N–H and O–H groups in total. The van der Waals surface area contributed by atoms with Crippen LogP contribution in [0.3, 0.4) is 0 Å². The van der Waals surface area contributed by atoms with Crippen LogP contribution < -0.4 is 31.3 Å². The summed E-state index contributed by atoms with van der Waals surface area (Å²) >= 11 is 6.55. The number of piperazine rings is 1. The molecule has 1 atom stereocenters. The zero-order chi connectivity index (χ0) is 40.0. The van der Waals surface area contributed by atoms with Gasteiger partial charge in [-0.1, -0.05) is 11.6 Å². The summed E-state index contributed by atoms with van der Waals surface area (Å²) < 4.78 is 1.54. The number of aromatic nitrogens is 3. The molecule has 6 heterocycles. The second kappa shape index (κ2) is 15.6. The molecule has 296 valence electrons. The molecule has 0 spiro atoms. The van der Waals surface area contributed by atoms with E-state index in [2.05, 4.69) is 35.6 Å². The number of fused-ring (bicyclic) bond motifs is 2. The maximum Gasteiger partial charge on any atom is 0.262 e. The highest BCUT2D eigenvalue weighted by Crippen LogP contribution is 2.32. The number of halogens is 1. The Morgan fingerprint density at radius 3 is 2.39 bits per heavy atom. The van der Waals surface area contributed by atoms with E-state index in [0.717, 1.165) is 85.8 Å². The number of benzene rings is 2. The van der Waals surface area contributed by atoms with Crippen molar-refractivity contribution in [1.82, 2.24) is 35.0 Å². The molecular weight excluding hydrogens is 752 g/mol. The average Bonchev–Trinajstić information content (AvgIpc) is 3.46. The quantitative estimate of drug-likeness (QED) is 0.211. The zero-order valence-corrected chi connectivity index (χ0v) is 32.5. The van der Waals surface area contributed by atoms with Crippen molar-refractivity contribution in [3.05, 3.63) is 80.7 Å². The van der Waals surface area contributed by atoms with E-state index >= 15 is 0 Å². The highest BCUT2D eigenvalue weighted by molar-refractivity contribution is 6.33. The Bertz CT molecular complexity index is 2370. The van der Waals surface area contributed by atoms with E-state index in [4.69, 9.17) is 16.6 Å². The fraction of sp³-hybridized carbons (Fsp3) is 0.400. The minimum atomic E-state index is -0.984. The van der Waals surface area contributed by atoms with Crippen molar-refractivity contribution in [3.8, 4) is 0 Å². The number of aryl methyl sites for hydroxylation is 1. The Labute approximate surface area is 333 Å². The average molecular weight is 795 g/mol. The summed E-state index contributed by atoms with van der Waals surface area (Å²) in [5, 5.41) is 9.30. The monoisotopic (exact) mass is 794 g/mol. The summed E-state index contributed by atoms with van der Waals surface area (Å²) in [4.78, 5) is 92.6. The number of imide groups is 2. The van der Waals surface area contributed by atoms with E-state index in [1.165, 1.54) is 0 Å². The Balaban J connectivity index is 0.846. The van der Waals surface area contributed by atoms with E-state index in [1.807, 2.05) is 24.3 Å². The maximum absolute atomic E-state index is 13.3. The first-order valence-corrected chi connectivity index (χ1v) is 19.6. The Morgan fingerprint density at radius 1 is 0.895 bits per heavy atom. The van der Waals surface area contributed by atoms with Crippen LogP contribution in [0.25, 0.3) is 10.9 Å². The van der Waals surface area contributed by atoms with Crippen molar-refractivity contribution in [2.75, 3.05) is 68.0 Å². The van der Waals surface area contributed by atoms with Crippen LogP contribution in [-0.4, -0.2) is 113 Å². The lowest BCUT2D eigenvalue weighted by molar-refractivity contribution is -0.136. The van der Waals surface area contributed by atoms with Gasteiger partial charge in [-0.2, -0.15) is 4.98 Å². The molecule has 16 nitrogen and oxygen atoms in total. The summed E-state index contributed by atoms with van der Waals surface area (Å²) in [6, 6.07) is 11.7. The summed E-state index contributed by atoms with van der Waals surface area (Å²) in [7, 11) is 3.23. The lowest BCUT2D eigenvalue weighted by atomic mass is 9.96. The van der Waals surface area contributed by atoms with Crippen LogP contribution in [-0.2, 0) is 27.9 Å². The highest BCUT2D eigenvalue weighted by atomic mass is 35.5. The summed E-state index contributed by atoms with van der Waals surface area (Å²) in [6.45, 7) is 5.87. The molecule has 57 heavy (non-hydrogen) atoms. The standard InChI is InChI=1S/C40H43ClN10O6/c1-42-34(53)19-25-17-24-18-26(3-6-31(24)47(2)37(25)55)44-35-30(41)21-43-40(46-35)50-11-9-23(10-12-50)22-48-13-15-49(16-14-48)27-4-5-28-29(20-27)39(57)51(38(28)56)32-7-8-33(52)45-36(32)54/h3-6,17-18,20-21,23,32H,7-16,19,22H2,1-2H3,(H,42,53)(H,43,44,46)(H,45,52,54). The second-order valence-corrected chi connectivity index (χ2v) is 15.5. The van der Waals surface area contributed by atoms with E-state index < -0.39 is 29.7 Å². The topological polar surface area (TPSA) is 182 Å². The molecule has 0 saturated carbocycles. The molecule has 2 aromatic heterocycles. The van der Waals surface area contributed by atoms with Crippen molar-refractivity contribution < 1.29 is 24.0 Å². The lowest BCUT2D eigenvalue weighted by Gasteiger charge is -2.39. The van der Waals surface area contributed by atoms with Crippen LogP contribution in [0.15, 0.2) is 53.5 Å². The van der Waals surface area contributed by atoms with Gasteiger partial charge < -0.3 is 25.0 Å². The normalized spacial score (nSPS) is 19.3. The van der Waals surface area contributed by atoms with Gasteiger partial charge in [0.25, 0.3) is 17.4 Å². The summed E-state index contributed by atoms with van der Waals surface area (Å²) in [5.74, 6) is -0.663. The minimum absolute atomic E-state index is 0.00691. The van der Waals surface area contributed by atoms with E-state index in [9.17, 15) is 28.8 Å². The van der Waals surface area contributed by atoms with Gasteiger partial charge in [0.1, 0.15) is 11.1 Å². The number of rotatable bonds is 9. The van der Waals surface area contributed by atoms with Crippen molar-refractivity contribution >= 4 is 75.2 Å². The van der Waals surface area contributed by atoms with Crippen molar-refractivity contribution in [1.29, 1.82) is 0 Å². The molecular formula is C40H43ClN10O6.